The fourth-order valence-corrected chi connectivity index (χ4v) is 4.05. The lowest BCUT2D eigenvalue weighted by molar-refractivity contribution is 0.308. The molecule has 3 aromatic rings. The van der Waals surface area contributed by atoms with Crippen molar-refractivity contribution in [3.8, 4) is 5.75 Å². The van der Waals surface area contributed by atoms with Gasteiger partial charge in [-0.1, -0.05) is 49.6 Å². The number of imidazole rings is 1. The van der Waals surface area contributed by atoms with Crippen LogP contribution in [0.1, 0.15) is 70.1 Å². The number of aromatic nitrogens is 2. The minimum absolute atomic E-state index is 0.0275. The fourth-order valence-electron chi connectivity index (χ4n) is 4.05. The van der Waals surface area contributed by atoms with Gasteiger partial charge in [-0.25, -0.2) is 4.98 Å². The lowest BCUT2D eigenvalue weighted by Crippen LogP contribution is -2.28. The highest BCUT2D eigenvalue weighted by molar-refractivity contribution is 5.64. The number of nitrogens with zero attached hydrogens (tertiary/aromatic N) is 2. The van der Waals surface area contributed by atoms with Crippen LogP contribution in [-0.4, -0.2) is 14.9 Å². The maximum absolute atomic E-state index is 6.18. The van der Waals surface area contributed by atoms with Gasteiger partial charge >= 0.3 is 0 Å². The molecule has 1 aliphatic carbocycles. The van der Waals surface area contributed by atoms with Gasteiger partial charge in [-0.3, -0.25) is 4.40 Å². The second kappa shape index (κ2) is 7.86. The van der Waals surface area contributed by atoms with Gasteiger partial charge in [0.15, 0.2) is 11.4 Å². The van der Waals surface area contributed by atoms with Crippen molar-refractivity contribution >= 4 is 11.5 Å². The highest BCUT2D eigenvalue weighted by Crippen LogP contribution is 2.38. The summed E-state index contributed by atoms with van der Waals surface area (Å²) in [6.07, 6.45) is 8.48. The number of rotatable bonds is 5. The number of hydrogen-bond acceptors (Lipinski definition) is 3. The Hall–Kier alpha value is -2.49. The minimum Gasteiger partial charge on any atom is -0.485 e. The Morgan fingerprint density at radius 1 is 1.04 bits per heavy atom. The van der Waals surface area contributed by atoms with Crippen molar-refractivity contribution in [2.45, 2.75) is 70.9 Å². The molecular formula is C24H31N3O. The summed E-state index contributed by atoms with van der Waals surface area (Å²) in [4.78, 5) is 5.11. The number of fused-ring (bicyclic) bond motifs is 1. The molecule has 2 heterocycles. The van der Waals surface area contributed by atoms with Crippen LogP contribution < -0.4 is 10.1 Å². The van der Waals surface area contributed by atoms with Gasteiger partial charge in [-0.15, -0.1) is 0 Å². The summed E-state index contributed by atoms with van der Waals surface area (Å²) >= 11 is 0. The summed E-state index contributed by atoms with van der Waals surface area (Å²) in [6.45, 7) is 7.15. The predicted octanol–water partition coefficient (Wildman–Crippen LogP) is 6.17. The first kappa shape index (κ1) is 18.9. The summed E-state index contributed by atoms with van der Waals surface area (Å²) in [5, 5.41) is 3.72. The van der Waals surface area contributed by atoms with E-state index in [1.165, 1.54) is 37.8 Å². The first-order valence-electron chi connectivity index (χ1n) is 10.5. The zero-order valence-corrected chi connectivity index (χ0v) is 17.2. The minimum atomic E-state index is -0.0275. The van der Waals surface area contributed by atoms with E-state index >= 15 is 0 Å². The van der Waals surface area contributed by atoms with Crippen LogP contribution in [0.4, 0.5) is 5.82 Å². The molecule has 4 rings (SSSR count). The van der Waals surface area contributed by atoms with Gasteiger partial charge in [-0.05, 0) is 51.3 Å². The third-order valence-corrected chi connectivity index (χ3v) is 5.36. The molecule has 0 unspecified atom stereocenters. The number of anilines is 1. The SMILES string of the molecule is CC(C)(C)Nc1c(C2CCCCC2)nc2c(OCc3ccccc3)cccn12. The molecule has 0 aliphatic heterocycles. The van der Waals surface area contributed by atoms with Crippen molar-refractivity contribution in [3.05, 3.63) is 59.9 Å². The van der Waals surface area contributed by atoms with Crippen LogP contribution in [0.3, 0.4) is 0 Å². The molecule has 28 heavy (non-hydrogen) atoms. The monoisotopic (exact) mass is 377 g/mol. The van der Waals surface area contributed by atoms with E-state index in [0.717, 1.165) is 22.8 Å². The maximum atomic E-state index is 6.18. The lowest BCUT2D eigenvalue weighted by atomic mass is 9.87. The average molecular weight is 378 g/mol. The van der Waals surface area contributed by atoms with E-state index in [0.29, 0.717) is 12.5 Å². The topological polar surface area (TPSA) is 38.6 Å². The van der Waals surface area contributed by atoms with E-state index in [-0.39, 0.29) is 5.54 Å². The van der Waals surface area contributed by atoms with E-state index < -0.39 is 0 Å². The Kier molecular flexibility index (Phi) is 5.29. The quantitative estimate of drug-likeness (QED) is 0.578. The van der Waals surface area contributed by atoms with Crippen LogP contribution >= 0.6 is 0 Å². The van der Waals surface area contributed by atoms with Crippen molar-refractivity contribution < 1.29 is 4.74 Å². The largest absolute Gasteiger partial charge is 0.485 e. The van der Waals surface area contributed by atoms with Crippen LogP contribution in [0.2, 0.25) is 0 Å². The lowest BCUT2D eigenvalue weighted by Gasteiger charge is -2.26. The average Bonchev–Trinajstić information content (AvgIpc) is 3.05. The van der Waals surface area contributed by atoms with E-state index in [1.54, 1.807) is 0 Å². The van der Waals surface area contributed by atoms with Gasteiger partial charge in [0.05, 0.1) is 5.69 Å². The van der Waals surface area contributed by atoms with Gasteiger partial charge in [0.1, 0.15) is 12.4 Å². The standard InChI is InChI=1S/C24H31N3O/c1-24(2,3)26-23-21(19-13-8-5-9-14-19)25-22-20(15-10-16-27(22)23)28-17-18-11-6-4-7-12-18/h4,6-7,10-12,15-16,19,26H,5,8-9,13-14,17H2,1-3H3. The first-order chi connectivity index (χ1) is 13.5. The molecule has 1 fully saturated rings. The molecular weight excluding hydrogens is 346 g/mol. The van der Waals surface area contributed by atoms with Gasteiger partial charge in [0.2, 0.25) is 0 Å². The Morgan fingerprint density at radius 2 is 1.79 bits per heavy atom. The molecule has 148 valence electrons. The Balaban J connectivity index is 1.71. The molecule has 0 atom stereocenters. The molecule has 0 bridgehead atoms. The van der Waals surface area contributed by atoms with Crippen LogP contribution in [0.5, 0.6) is 5.75 Å². The van der Waals surface area contributed by atoms with Gasteiger partial charge in [0, 0.05) is 17.7 Å². The van der Waals surface area contributed by atoms with Crippen molar-refractivity contribution in [1.29, 1.82) is 0 Å². The number of ether oxygens (including phenoxy) is 1. The smallest absolute Gasteiger partial charge is 0.181 e. The summed E-state index contributed by atoms with van der Waals surface area (Å²) in [6, 6.07) is 14.4. The molecule has 0 spiro atoms. The molecule has 4 nitrogen and oxygen atoms in total. The highest BCUT2D eigenvalue weighted by atomic mass is 16.5. The number of hydrogen-bond donors (Lipinski definition) is 1. The number of nitrogens with one attached hydrogen (secondary N) is 1. The maximum Gasteiger partial charge on any atom is 0.181 e. The van der Waals surface area contributed by atoms with Crippen molar-refractivity contribution in [2.75, 3.05) is 5.32 Å². The Morgan fingerprint density at radius 3 is 2.50 bits per heavy atom. The van der Waals surface area contributed by atoms with E-state index in [9.17, 15) is 0 Å². The zero-order valence-electron chi connectivity index (χ0n) is 17.2. The number of pyridine rings is 1. The second-order valence-corrected chi connectivity index (χ2v) is 8.90. The predicted molar refractivity (Wildman–Crippen MR) is 115 cm³/mol. The van der Waals surface area contributed by atoms with Gasteiger partial charge in [-0.2, -0.15) is 0 Å². The van der Waals surface area contributed by atoms with Crippen LogP contribution in [-0.2, 0) is 6.61 Å². The third kappa shape index (κ3) is 4.16. The molecule has 0 amide bonds. The van der Waals surface area contributed by atoms with E-state index in [2.05, 4.69) is 48.8 Å². The first-order valence-corrected chi connectivity index (χ1v) is 10.5. The van der Waals surface area contributed by atoms with Crippen LogP contribution in [0, 0.1) is 0 Å². The third-order valence-electron chi connectivity index (χ3n) is 5.36. The molecule has 4 heteroatoms. The summed E-state index contributed by atoms with van der Waals surface area (Å²) in [5.41, 5.74) is 3.24. The Labute approximate surface area is 167 Å². The molecule has 2 aromatic heterocycles. The van der Waals surface area contributed by atoms with Crippen LogP contribution in [0.15, 0.2) is 48.7 Å². The zero-order chi connectivity index (χ0) is 19.6. The summed E-state index contributed by atoms with van der Waals surface area (Å²) in [7, 11) is 0. The van der Waals surface area contributed by atoms with Crippen molar-refractivity contribution in [1.82, 2.24) is 9.38 Å². The fraction of sp³-hybridized carbons (Fsp3) is 0.458. The van der Waals surface area contributed by atoms with Gasteiger partial charge < -0.3 is 10.1 Å². The molecule has 1 N–H and O–H groups in total. The molecule has 0 saturated heterocycles. The van der Waals surface area contributed by atoms with E-state index in [1.807, 2.05) is 30.3 Å². The molecule has 1 saturated carbocycles. The van der Waals surface area contributed by atoms with Gasteiger partial charge in [0.25, 0.3) is 0 Å². The Bertz CT molecular complexity index is 918. The van der Waals surface area contributed by atoms with E-state index in [4.69, 9.17) is 9.72 Å². The number of benzene rings is 1. The normalized spacial score (nSPS) is 15.7. The van der Waals surface area contributed by atoms with Crippen molar-refractivity contribution in [2.24, 2.45) is 0 Å². The second-order valence-electron chi connectivity index (χ2n) is 8.90. The molecule has 1 aliphatic rings. The van der Waals surface area contributed by atoms with Crippen LogP contribution in [0.25, 0.3) is 5.65 Å². The molecule has 0 radical (unpaired) electrons. The summed E-state index contributed by atoms with van der Waals surface area (Å²) in [5.74, 6) is 2.49. The summed E-state index contributed by atoms with van der Waals surface area (Å²) < 4.78 is 8.36. The molecule has 1 aromatic carbocycles. The highest BCUT2D eigenvalue weighted by Gasteiger charge is 2.26. The van der Waals surface area contributed by atoms with Crippen molar-refractivity contribution in [3.63, 3.8) is 0 Å².